The van der Waals surface area contributed by atoms with Gasteiger partial charge in [0.1, 0.15) is 5.76 Å². The van der Waals surface area contributed by atoms with Crippen LogP contribution in [0.1, 0.15) is 48.5 Å². The van der Waals surface area contributed by atoms with E-state index in [4.69, 9.17) is 4.42 Å². The van der Waals surface area contributed by atoms with Crippen LogP contribution < -0.4 is 0 Å². The summed E-state index contributed by atoms with van der Waals surface area (Å²) >= 11 is 0. The molecular weight excluding hydrogens is 204 g/mol. The number of rotatable bonds is 2. The minimum Gasteiger partial charge on any atom is -0.438 e. The van der Waals surface area contributed by atoms with E-state index in [1.54, 1.807) is 18.0 Å². The fourth-order valence-electron chi connectivity index (χ4n) is 2.24. The minimum absolute atomic E-state index is 0.0972. The normalized spacial score (nSPS) is 17.4. The molecule has 0 saturated heterocycles. The monoisotopic (exact) mass is 222 g/mol. The molecule has 2 rings (SSSR count). The van der Waals surface area contributed by atoms with E-state index in [2.05, 4.69) is 4.98 Å². The molecule has 1 aromatic heterocycles. The number of hydrogen-bond acceptors (Lipinski definition) is 3. The topological polar surface area (TPSA) is 46.3 Å². The molecule has 88 valence electrons. The molecule has 1 aliphatic carbocycles. The molecule has 0 radical (unpaired) electrons. The molecule has 1 aromatic rings. The maximum absolute atomic E-state index is 12.0. The summed E-state index contributed by atoms with van der Waals surface area (Å²) in [5.74, 6) is 0.797. The number of oxazole rings is 1. The number of carbonyl (C=O) groups is 1. The van der Waals surface area contributed by atoms with Gasteiger partial charge in [0.15, 0.2) is 0 Å². The van der Waals surface area contributed by atoms with Crippen molar-refractivity contribution in [3.8, 4) is 0 Å². The Morgan fingerprint density at radius 3 is 2.69 bits per heavy atom. The largest absolute Gasteiger partial charge is 0.438 e. The summed E-state index contributed by atoms with van der Waals surface area (Å²) < 4.78 is 5.25. The number of aromatic nitrogens is 1. The summed E-state index contributed by atoms with van der Waals surface area (Å²) in [5, 5.41) is 0. The molecule has 1 saturated carbocycles. The summed E-state index contributed by atoms with van der Waals surface area (Å²) in [6.07, 6.45) is 7.50. The van der Waals surface area contributed by atoms with Crippen molar-refractivity contribution >= 4 is 5.91 Å². The van der Waals surface area contributed by atoms with Crippen LogP contribution in [-0.2, 0) is 0 Å². The first-order valence-electron chi connectivity index (χ1n) is 5.88. The Labute approximate surface area is 95.6 Å². The van der Waals surface area contributed by atoms with E-state index in [-0.39, 0.29) is 11.8 Å². The van der Waals surface area contributed by atoms with Crippen LogP contribution in [0.4, 0.5) is 0 Å². The van der Waals surface area contributed by atoms with Crippen molar-refractivity contribution in [1.29, 1.82) is 0 Å². The van der Waals surface area contributed by atoms with Crippen LogP contribution in [0.15, 0.2) is 10.6 Å². The van der Waals surface area contributed by atoms with Gasteiger partial charge in [-0.05, 0) is 19.8 Å². The summed E-state index contributed by atoms with van der Waals surface area (Å²) in [6.45, 7) is 1.80. The van der Waals surface area contributed by atoms with Gasteiger partial charge < -0.3 is 9.32 Å². The smallest absolute Gasteiger partial charge is 0.309 e. The third-order valence-corrected chi connectivity index (χ3v) is 3.25. The molecule has 0 aromatic carbocycles. The number of nitrogens with zero attached hydrogens (tertiary/aromatic N) is 2. The number of amides is 1. The summed E-state index contributed by atoms with van der Waals surface area (Å²) in [7, 11) is 1.85. The van der Waals surface area contributed by atoms with Crippen LogP contribution in [0.2, 0.25) is 0 Å². The summed E-state index contributed by atoms with van der Waals surface area (Å²) in [6, 6.07) is 0.355. The quantitative estimate of drug-likeness (QED) is 0.771. The number of carbonyl (C=O) groups excluding carboxylic acids is 1. The van der Waals surface area contributed by atoms with E-state index in [0.717, 1.165) is 12.8 Å². The fourth-order valence-corrected chi connectivity index (χ4v) is 2.24. The highest BCUT2D eigenvalue weighted by atomic mass is 16.4. The summed E-state index contributed by atoms with van der Waals surface area (Å²) in [4.78, 5) is 17.8. The van der Waals surface area contributed by atoms with E-state index in [9.17, 15) is 4.79 Å². The molecule has 0 atom stereocenters. The van der Waals surface area contributed by atoms with Gasteiger partial charge in [0.05, 0.1) is 6.20 Å². The molecule has 1 heterocycles. The van der Waals surface area contributed by atoms with Gasteiger partial charge in [-0.3, -0.25) is 4.79 Å². The molecule has 4 nitrogen and oxygen atoms in total. The second-order valence-corrected chi connectivity index (χ2v) is 4.48. The van der Waals surface area contributed by atoms with E-state index in [1.165, 1.54) is 19.3 Å². The van der Waals surface area contributed by atoms with Crippen LogP contribution >= 0.6 is 0 Å². The average molecular weight is 222 g/mol. The minimum atomic E-state index is -0.0972. The highest BCUT2D eigenvalue weighted by molar-refractivity contribution is 5.89. The van der Waals surface area contributed by atoms with Crippen LogP contribution in [0.3, 0.4) is 0 Å². The Morgan fingerprint density at radius 2 is 2.12 bits per heavy atom. The zero-order chi connectivity index (χ0) is 11.5. The maximum Gasteiger partial charge on any atom is 0.309 e. The molecular formula is C12H18N2O2. The molecule has 1 amide bonds. The van der Waals surface area contributed by atoms with Crippen LogP contribution in [-0.4, -0.2) is 28.9 Å². The van der Waals surface area contributed by atoms with Crippen molar-refractivity contribution in [1.82, 2.24) is 9.88 Å². The maximum atomic E-state index is 12.0. The van der Waals surface area contributed by atoms with E-state index >= 15 is 0 Å². The Balaban J connectivity index is 2.03. The number of hydrogen-bond donors (Lipinski definition) is 0. The lowest BCUT2D eigenvalue weighted by Gasteiger charge is -2.30. The predicted molar refractivity (Wildman–Crippen MR) is 60.2 cm³/mol. The average Bonchev–Trinajstić information content (AvgIpc) is 2.75. The lowest BCUT2D eigenvalue weighted by atomic mass is 9.94. The Kier molecular flexibility index (Phi) is 3.27. The van der Waals surface area contributed by atoms with Crippen molar-refractivity contribution < 1.29 is 9.21 Å². The Morgan fingerprint density at radius 1 is 1.44 bits per heavy atom. The zero-order valence-corrected chi connectivity index (χ0v) is 9.90. The van der Waals surface area contributed by atoms with Crippen LogP contribution in [0.25, 0.3) is 0 Å². The van der Waals surface area contributed by atoms with Crippen molar-refractivity contribution in [3.05, 3.63) is 17.8 Å². The second-order valence-electron chi connectivity index (χ2n) is 4.48. The molecule has 0 spiro atoms. The van der Waals surface area contributed by atoms with E-state index in [0.29, 0.717) is 11.8 Å². The second kappa shape index (κ2) is 4.68. The predicted octanol–water partition coefficient (Wildman–Crippen LogP) is 2.39. The van der Waals surface area contributed by atoms with Crippen molar-refractivity contribution in [3.63, 3.8) is 0 Å². The van der Waals surface area contributed by atoms with E-state index in [1.807, 2.05) is 7.05 Å². The molecule has 1 fully saturated rings. The van der Waals surface area contributed by atoms with Gasteiger partial charge in [-0.1, -0.05) is 19.3 Å². The Hall–Kier alpha value is -1.32. The van der Waals surface area contributed by atoms with Gasteiger partial charge in [0.2, 0.25) is 0 Å². The SMILES string of the molecule is Cc1cnc(C(=O)N(C)C2CCCCC2)o1. The third kappa shape index (κ3) is 2.26. The van der Waals surface area contributed by atoms with Gasteiger partial charge in [-0.25, -0.2) is 4.98 Å². The summed E-state index contributed by atoms with van der Waals surface area (Å²) in [5.41, 5.74) is 0. The van der Waals surface area contributed by atoms with Gasteiger partial charge in [-0.15, -0.1) is 0 Å². The molecule has 1 aliphatic rings. The fraction of sp³-hybridized carbons (Fsp3) is 0.667. The van der Waals surface area contributed by atoms with Gasteiger partial charge in [0, 0.05) is 13.1 Å². The first kappa shape index (κ1) is 11.2. The lowest BCUT2D eigenvalue weighted by Crippen LogP contribution is -2.38. The molecule has 0 aliphatic heterocycles. The van der Waals surface area contributed by atoms with Crippen LogP contribution in [0.5, 0.6) is 0 Å². The molecule has 4 heteroatoms. The van der Waals surface area contributed by atoms with Gasteiger partial charge in [-0.2, -0.15) is 0 Å². The molecule has 16 heavy (non-hydrogen) atoms. The standard InChI is InChI=1S/C12H18N2O2/c1-9-8-13-11(16-9)12(15)14(2)10-6-4-3-5-7-10/h8,10H,3-7H2,1-2H3. The van der Waals surface area contributed by atoms with Gasteiger partial charge >= 0.3 is 5.91 Å². The van der Waals surface area contributed by atoms with E-state index < -0.39 is 0 Å². The number of aryl methyl sites for hydroxylation is 1. The van der Waals surface area contributed by atoms with Crippen molar-refractivity contribution in [2.45, 2.75) is 45.1 Å². The first-order chi connectivity index (χ1) is 7.68. The van der Waals surface area contributed by atoms with Crippen molar-refractivity contribution in [2.24, 2.45) is 0 Å². The Bertz CT molecular complexity index is 367. The highest BCUT2D eigenvalue weighted by Crippen LogP contribution is 2.22. The molecule has 0 unspecified atom stereocenters. The van der Waals surface area contributed by atoms with Crippen molar-refractivity contribution in [2.75, 3.05) is 7.05 Å². The molecule has 0 bridgehead atoms. The van der Waals surface area contributed by atoms with Crippen LogP contribution in [0, 0.1) is 6.92 Å². The third-order valence-electron chi connectivity index (χ3n) is 3.25. The lowest BCUT2D eigenvalue weighted by molar-refractivity contribution is 0.0654. The van der Waals surface area contributed by atoms with Gasteiger partial charge in [0.25, 0.3) is 5.89 Å². The highest BCUT2D eigenvalue weighted by Gasteiger charge is 2.25. The molecule has 0 N–H and O–H groups in total. The zero-order valence-electron chi connectivity index (χ0n) is 9.90. The first-order valence-corrected chi connectivity index (χ1v) is 5.88.